The molecule has 1 aromatic heterocycles. The van der Waals surface area contributed by atoms with E-state index in [-0.39, 0.29) is 44.5 Å². The van der Waals surface area contributed by atoms with Crippen molar-refractivity contribution >= 4 is 59.0 Å². The summed E-state index contributed by atoms with van der Waals surface area (Å²) in [5.74, 6) is -3.90. The third kappa shape index (κ3) is 15.9. The van der Waals surface area contributed by atoms with Crippen molar-refractivity contribution in [1.82, 2.24) is 36.1 Å². The number of thiazole rings is 1. The molecule has 0 saturated carbocycles. The monoisotopic (exact) mass is 1070 g/mol. The van der Waals surface area contributed by atoms with Gasteiger partial charge in [-0.1, -0.05) is 67.8 Å². The Morgan fingerprint density at radius 2 is 1.70 bits per heavy atom. The molecule has 3 aromatic rings. The summed E-state index contributed by atoms with van der Waals surface area (Å²) in [6, 6.07) is 9.12. The molecule has 2 fully saturated rings. The Labute approximate surface area is 447 Å². The first kappa shape index (κ1) is 58.0. The number of hydrogen-bond acceptors (Lipinski definition) is 14. The molecule has 3 aliphatic heterocycles. The van der Waals surface area contributed by atoms with Crippen molar-refractivity contribution in [2.24, 2.45) is 11.0 Å². The number of benzene rings is 2. The number of nitrogens with zero attached hydrogens (tertiary/aromatic N) is 6. The van der Waals surface area contributed by atoms with E-state index in [0.29, 0.717) is 47.9 Å². The molecule has 6 rings (SSSR count). The predicted octanol–water partition coefficient (Wildman–Crippen LogP) is 6.24. The first-order valence-electron chi connectivity index (χ1n) is 25.6. The zero-order valence-electron chi connectivity index (χ0n) is 44.4. The van der Waals surface area contributed by atoms with Crippen molar-refractivity contribution in [2.75, 3.05) is 33.4 Å². The molecule has 8 atom stereocenters. The normalized spacial score (nSPS) is 24.1. The highest BCUT2D eigenvalue weighted by Gasteiger charge is 2.44. The number of alkyl carbamates (subject to hydrolysis) is 1. The molecule has 0 radical (unpaired) electrons. The van der Waals surface area contributed by atoms with Crippen LogP contribution < -0.4 is 26.0 Å². The molecule has 6 amide bonds. The Morgan fingerprint density at radius 3 is 2.38 bits per heavy atom. The number of methoxy groups -OCH3 is 1. The highest BCUT2D eigenvalue weighted by atomic mass is 32.1. The smallest absolute Gasteiger partial charge is 0.408 e. The number of hydrogen-bond donors (Lipinski definition) is 4. The molecule has 76 heavy (non-hydrogen) atoms. The number of cyclic esters (lactones) is 1. The Balaban J connectivity index is 1.30. The van der Waals surface area contributed by atoms with E-state index in [1.807, 2.05) is 68.4 Å². The van der Waals surface area contributed by atoms with E-state index >= 15 is 0 Å². The van der Waals surface area contributed by atoms with E-state index in [9.17, 15) is 39.1 Å². The van der Waals surface area contributed by atoms with E-state index in [2.05, 4.69) is 31.3 Å². The third-order valence-electron chi connectivity index (χ3n) is 13.3. The molecule has 1 unspecified atom stereocenters. The van der Waals surface area contributed by atoms with Crippen molar-refractivity contribution in [3.05, 3.63) is 109 Å². The summed E-state index contributed by atoms with van der Waals surface area (Å²) in [5, 5.41) is 17.6. The average Bonchev–Trinajstić information content (AvgIpc) is 4.19. The van der Waals surface area contributed by atoms with Gasteiger partial charge in [-0.3, -0.25) is 24.0 Å². The van der Waals surface area contributed by atoms with Gasteiger partial charge in [-0.15, -0.1) is 11.3 Å². The SMILES string of the molecule is CC[C@H](C)[C@@H]1NC(=O)[C@@H]2CCCN2C(=O)[C@@H](NC(=O)[C@@H]2CCCN2C(=O)[C@@H](COC)NC(=O)OC(C)(C)C)COC(=O)/C(C)=C/C(C)=C/c2csc(n2)[C@H](Cc2ccc(OCc3ccccc3)cc2)NC(=O)C1N=[N+]=[N-]. The van der Waals surface area contributed by atoms with E-state index in [1.54, 1.807) is 52.2 Å². The second-order valence-electron chi connectivity index (χ2n) is 20.3. The van der Waals surface area contributed by atoms with Crippen LogP contribution in [0.2, 0.25) is 0 Å². The van der Waals surface area contributed by atoms with E-state index in [4.69, 9.17) is 23.9 Å². The third-order valence-corrected chi connectivity index (χ3v) is 14.2. The van der Waals surface area contributed by atoms with Gasteiger partial charge in [0.1, 0.15) is 59.8 Å². The molecule has 0 spiro atoms. The molecule has 2 bridgehead atoms. The van der Waals surface area contributed by atoms with Gasteiger partial charge in [-0.25, -0.2) is 14.6 Å². The lowest BCUT2D eigenvalue weighted by atomic mass is 9.91. The summed E-state index contributed by atoms with van der Waals surface area (Å²) in [6.07, 6.45) is 4.45. The second-order valence-corrected chi connectivity index (χ2v) is 21.2. The van der Waals surface area contributed by atoms with Crippen molar-refractivity contribution < 1.29 is 52.5 Å². The standard InChI is InChI=1S/C54H70N10O11S/c1-9-33(3)44-45(61-62-55)48(67)57-39(27-35-19-21-38(22-20-35)73-28-36-15-11-10-12-16-36)49-56-37(31-76-49)26-32(2)25-34(4)52(70)74-30-41(51(69)64-24-14-18-43(64)47(66)60-44)58-46(65)42-17-13-23-63(42)50(68)40(29-72-8)59-53(71)75-54(5,6)7/h10-12,15-16,19-22,25-26,31,33,39-45H,9,13-14,17-18,23-24,27-30H2,1-8H3,(H,57,67)(H,58,65)(H,59,71)(H,60,66)/b32-26+,34-25+/t33-,39-,40+,41-,42-,43-,44-,45?/m0/s1. The minimum atomic E-state index is -1.52. The van der Waals surface area contributed by atoms with Crippen LogP contribution >= 0.6 is 11.3 Å². The molecule has 2 aromatic carbocycles. The molecular weight excluding hydrogens is 997 g/mol. The summed E-state index contributed by atoms with van der Waals surface area (Å²) in [6.45, 7) is 11.8. The predicted molar refractivity (Wildman–Crippen MR) is 283 cm³/mol. The summed E-state index contributed by atoms with van der Waals surface area (Å²) in [7, 11) is 1.36. The number of allylic oxidation sites excluding steroid dienone is 2. The van der Waals surface area contributed by atoms with Crippen LogP contribution in [0.4, 0.5) is 4.79 Å². The highest BCUT2D eigenvalue weighted by molar-refractivity contribution is 7.09. The molecule has 22 heteroatoms. The van der Waals surface area contributed by atoms with Gasteiger partial charge < -0.3 is 50.0 Å². The number of azide groups is 1. The van der Waals surface area contributed by atoms with Gasteiger partial charge in [0.05, 0.1) is 18.3 Å². The van der Waals surface area contributed by atoms with Crippen LogP contribution in [0, 0.1) is 5.92 Å². The number of nitrogens with one attached hydrogen (secondary N) is 4. The molecule has 21 nitrogen and oxygen atoms in total. The summed E-state index contributed by atoms with van der Waals surface area (Å²) in [4.78, 5) is 109. The Hall–Kier alpha value is -7.29. The van der Waals surface area contributed by atoms with Crippen LogP contribution in [0.1, 0.15) is 108 Å². The Morgan fingerprint density at radius 1 is 0.974 bits per heavy atom. The van der Waals surface area contributed by atoms with E-state index in [0.717, 1.165) is 11.1 Å². The number of ether oxygens (including phenoxy) is 4. The lowest BCUT2D eigenvalue weighted by Gasteiger charge is -2.34. The van der Waals surface area contributed by atoms with Crippen LogP contribution in [-0.2, 0) is 56.0 Å². The minimum Gasteiger partial charge on any atom is -0.489 e. The number of likely N-dealkylation sites (tertiary alicyclic amines) is 1. The van der Waals surface area contributed by atoms with Crippen LogP contribution in [0.25, 0.3) is 16.5 Å². The maximum absolute atomic E-state index is 14.8. The number of fused-ring (bicyclic) bond motifs is 3. The van der Waals surface area contributed by atoms with Crippen LogP contribution in [0.15, 0.2) is 82.3 Å². The van der Waals surface area contributed by atoms with Gasteiger partial charge >= 0.3 is 12.1 Å². The number of amides is 6. The molecular formula is C54H70N10O11S. The number of aromatic nitrogens is 1. The van der Waals surface area contributed by atoms with Crippen LogP contribution in [0.3, 0.4) is 0 Å². The average molecular weight is 1070 g/mol. The fraction of sp³-hybridized carbons (Fsp3) is 0.519. The van der Waals surface area contributed by atoms with Crippen molar-refractivity contribution in [1.29, 1.82) is 0 Å². The Bertz CT molecular complexity index is 2670. The fourth-order valence-electron chi connectivity index (χ4n) is 9.26. The molecule has 3 aliphatic rings. The number of rotatable bonds is 14. The fourth-order valence-corrected chi connectivity index (χ4v) is 10.1. The van der Waals surface area contributed by atoms with E-state index < -0.39 is 102 Å². The Kier molecular flexibility index (Phi) is 20.6. The lowest BCUT2D eigenvalue weighted by Crippen LogP contribution is -2.60. The summed E-state index contributed by atoms with van der Waals surface area (Å²) in [5.41, 5.74) is 12.2. The second kappa shape index (κ2) is 27.0. The minimum absolute atomic E-state index is 0.0922. The summed E-state index contributed by atoms with van der Waals surface area (Å²) < 4.78 is 22.4. The first-order valence-corrected chi connectivity index (χ1v) is 26.5. The van der Waals surface area contributed by atoms with Crippen molar-refractivity contribution in [3.63, 3.8) is 0 Å². The molecule has 408 valence electrons. The quantitative estimate of drug-likeness (QED) is 0.0604. The van der Waals surface area contributed by atoms with Gasteiger partial charge in [0.15, 0.2) is 0 Å². The van der Waals surface area contributed by atoms with Gasteiger partial charge in [0.25, 0.3) is 0 Å². The zero-order chi connectivity index (χ0) is 55.1. The number of carbonyl (C=O) groups excluding carboxylic acids is 7. The first-order chi connectivity index (χ1) is 36.3. The lowest BCUT2D eigenvalue weighted by molar-refractivity contribution is -0.148. The van der Waals surface area contributed by atoms with Crippen molar-refractivity contribution in [2.45, 2.75) is 141 Å². The largest absolute Gasteiger partial charge is 0.489 e. The topological polar surface area (TPSA) is 273 Å². The molecule has 0 aliphatic carbocycles. The summed E-state index contributed by atoms with van der Waals surface area (Å²) >= 11 is 1.30. The van der Waals surface area contributed by atoms with Crippen LogP contribution in [-0.4, -0.2) is 132 Å². The van der Waals surface area contributed by atoms with Crippen LogP contribution in [0.5, 0.6) is 5.75 Å². The maximum Gasteiger partial charge on any atom is 0.408 e. The molecule has 2 saturated heterocycles. The zero-order valence-corrected chi connectivity index (χ0v) is 45.2. The number of esters is 1. The van der Waals surface area contributed by atoms with Crippen molar-refractivity contribution in [3.8, 4) is 5.75 Å². The molecule has 4 heterocycles. The number of carbonyl (C=O) groups is 7. The highest BCUT2D eigenvalue weighted by Crippen LogP contribution is 2.28. The van der Waals surface area contributed by atoms with Gasteiger partial charge in [0.2, 0.25) is 29.5 Å². The van der Waals surface area contributed by atoms with Gasteiger partial charge in [-0.2, -0.15) is 0 Å². The molecule has 4 N–H and O–H groups in total. The van der Waals surface area contributed by atoms with Gasteiger partial charge in [-0.05, 0) is 119 Å². The maximum atomic E-state index is 14.8. The van der Waals surface area contributed by atoms with E-state index in [1.165, 1.54) is 28.2 Å². The van der Waals surface area contributed by atoms with Gasteiger partial charge in [0, 0.05) is 42.1 Å².